The molecule has 0 bridgehead atoms. The molecule has 1 N–H and O–H groups in total. The number of carbonyl (C=O) groups excluding carboxylic acids is 1. The molecule has 20 heavy (non-hydrogen) atoms. The standard InChI is InChI=1S/C16H20O4/c1-4-5-6-7-8-9-10-11-12-16(18)14(17)13(19-2)15(16)20-3/h18H,4-6,9-10H2,1-3H3. The van der Waals surface area contributed by atoms with Crippen LogP contribution in [0.1, 0.15) is 39.0 Å². The summed E-state index contributed by atoms with van der Waals surface area (Å²) in [5.74, 6) is 10.9. The Hall–Kier alpha value is -1.91. The van der Waals surface area contributed by atoms with E-state index in [0.717, 1.165) is 19.3 Å². The Labute approximate surface area is 120 Å². The first kappa shape index (κ1) is 16.1. The average molecular weight is 276 g/mol. The van der Waals surface area contributed by atoms with Crippen molar-refractivity contribution >= 4 is 5.78 Å². The minimum absolute atomic E-state index is 0.0312. The Balaban J connectivity index is 2.53. The van der Waals surface area contributed by atoms with Crippen LogP contribution in [-0.2, 0) is 14.3 Å². The van der Waals surface area contributed by atoms with Gasteiger partial charge >= 0.3 is 0 Å². The number of ketones is 1. The molecule has 1 rings (SSSR count). The smallest absolute Gasteiger partial charge is 0.254 e. The van der Waals surface area contributed by atoms with Crippen LogP contribution in [0.5, 0.6) is 0 Å². The highest BCUT2D eigenvalue weighted by atomic mass is 16.5. The van der Waals surface area contributed by atoms with Gasteiger partial charge in [-0.3, -0.25) is 4.79 Å². The highest BCUT2D eigenvalue weighted by Crippen LogP contribution is 2.35. The number of Topliss-reactive ketones (excluding diaryl/α,β-unsaturated/α-hetero) is 1. The number of ether oxygens (including phenoxy) is 2. The van der Waals surface area contributed by atoms with Crippen molar-refractivity contribution in [3.05, 3.63) is 11.5 Å². The Morgan fingerprint density at radius 2 is 1.75 bits per heavy atom. The first-order chi connectivity index (χ1) is 9.61. The summed E-state index contributed by atoms with van der Waals surface area (Å²) >= 11 is 0. The first-order valence-electron chi connectivity index (χ1n) is 6.67. The molecule has 0 radical (unpaired) electrons. The van der Waals surface area contributed by atoms with Gasteiger partial charge in [0.1, 0.15) is 0 Å². The largest absolute Gasteiger partial charge is 0.493 e. The summed E-state index contributed by atoms with van der Waals surface area (Å²) in [5.41, 5.74) is -1.85. The fraction of sp³-hybridized carbons (Fsp3) is 0.562. The minimum Gasteiger partial charge on any atom is -0.493 e. The van der Waals surface area contributed by atoms with Gasteiger partial charge in [0.2, 0.25) is 5.76 Å². The quantitative estimate of drug-likeness (QED) is 0.614. The molecule has 0 fully saturated rings. The monoisotopic (exact) mass is 276 g/mol. The van der Waals surface area contributed by atoms with Crippen LogP contribution in [0.25, 0.3) is 0 Å². The molecule has 108 valence electrons. The lowest BCUT2D eigenvalue weighted by Gasteiger charge is -2.32. The third-order valence-corrected chi connectivity index (χ3v) is 2.90. The summed E-state index contributed by atoms with van der Waals surface area (Å²) < 4.78 is 9.79. The van der Waals surface area contributed by atoms with Crippen molar-refractivity contribution in [2.45, 2.75) is 44.6 Å². The van der Waals surface area contributed by atoms with Crippen LogP contribution < -0.4 is 0 Å². The van der Waals surface area contributed by atoms with Crippen LogP contribution in [0.4, 0.5) is 0 Å². The van der Waals surface area contributed by atoms with E-state index in [-0.39, 0.29) is 11.5 Å². The highest BCUT2D eigenvalue weighted by Gasteiger charge is 2.55. The highest BCUT2D eigenvalue weighted by molar-refractivity contribution is 6.12. The normalized spacial score (nSPS) is 20.3. The number of rotatable bonds is 5. The molecule has 1 atom stereocenters. The van der Waals surface area contributed by atoms with Gasteiger partial charge in [-0.25, -0.2) is 0 Å². The predicted molar refractivity (Wildman–Crippen MR) is 75.3 cm³/mol. The zero-order chi connectivity index (χ0) is 15.0. The molecule has 0 heterocycles. The lowest BCUT2D eigenvalue weighted by atomic mass is 9.83. The van der Waals surface area contributed by atoms with Gasteiger partial charge in [-0.05, 0) is 6.42 Å². The van der Waals surface area contributed by atoms with Crippen molar-refractivity contribution in [3.8, 4) is 23.7 Å². The van der Waals surface area contributed by atoms with Crippen LogP contribution in [0.2, 0.25) is 0 Å². The van der Waals surface area contributed by atoms with E-state index in [2.05, 4.69) is 30.6 Å². The number of unbranched alkanes of at least 4 members (excludes halogenated alkanes) is 3. The lowest BCUT2D eigenvalue weighted by Crippen LogP contribution is -2.51. The molecule has 0 spiro atoms. The fourth-order valence-corrected chi connectivity index (χ4v) is 1.77. The third-order valence-electron chi connectivity index (χ3n) is 2.90. The number of aliphatic hydroxyl groups is 1. The van der Waals surface area contributed by atoms with Crippen molar-refractivity contribution in [3.63, 3.8) is 0 Å². The molecule has 0 saturated carbocycles. The lowest BCUT2D eigenvalue weighted by molar-refractivity contribution is -0.138. The topological polar surface area (TPSA) is 55.8 Å². The zero-order valence-electron chi connectivity index (χ0n) is 12.2. The first-order valence-corrected chi connectivity index (χ1v) is 6.67. The molecule has 0 aromatic rings. The van der Waals surface area contributed by atoms with Crippen molar-refractivity contribution in [1.82, 2.24) is 0 Å². The van der Waals surface area contributed by atoms with Gasteiger partial charge in [0.15, 0.2) is 5.76 Å². The molecule has 0 saturated heterocycles. The van der Waals surface area contributed by atoms with Crippen molar-refractivity contribution in [1.29, 1.82) is 0 Å². The Morgan fingerprint density at radius 1 is 1.10 bits per heavy atom. The summed E-state index contributed by atoms with van der Waals surface area (Å²) in [6.45, 7) is 2.12. The second-order valence-electron chi connectivity index (χ2n) is 4.36. The van der Waals surface area contributed by atoms with E-state index in [0.29, 0.717) is 12.8 Å². The summed E-state index contributed by atoms with van der Waals surface area (Å²) in [6, 6.07) is 0. The van der Waals surface area contributed by atoms with Gasteiger partial charge < -0.3 is 14.6 Å². The molecular weight excluding hydrogens is 256 g/mol. The zero-order valence-corrected chi connectivity index (χ0v) is 12.2. The molecule has 1 unspecified atom stereocenters. The second kappa shape index (κ2) is 7.62. The van der Waals surface area contributed by atoms with Crippen LogP contribution in [0.15, 0.2) is 11.5 Å². The molecule has 0 aromatic carbocycles. The fourth-order valence-electron chi connectivity index (χ4n) is 1.77. The van der Waals surface area contributed by atoms with E-state index in [1.807, 2.05) is 0 Å². The van der Waals surface area contributed by atoms with Crippen molar-refractivity contribution in [2.24, 2.45) is 0 Å². The molecule has 0 aromatic heterocycles. The van der Waals surface area contributed by atoms with E-state index >= 15 is 0 Å². The molecule has 1 aliphatic carbocycles. The molecule has 4 heteroatoms. The second-order valence-corrected chi connectivity index (χ2v) is 4.36. The van der Waals surface area contributed by atoms with Gasteiger partial charge in [-0.1, -0.05) is 25.2 Å². The van der Waals surface area contributed by atoms with Gasteiger partial charge in [0.05, 0.1) is 14.2 Å². The number of hydrogen-bond acceptors (Lipinski definition) is 4. The van der Waals surface area contributed by atoms with Crippen molar-refractivity contribution < 1.29 is 19.4 Å². The molecule has 4 nitrogen and oxygen atoms in total. The van der Waals surface area contributed by atoms with Crippen LogP contribution in [0.3, 0.4) is 0 Å². The van der Waals surface area contributed by atoms with E-state index in [1.54, 1.807) is 0 Å². The van der Waals surface area contributed by atoms with Gasteiger partial charge in [0.25, 0.3) is 11.4 Å². The van der Waals surface area contributed by atoms with E-state index in [1.165, 1.54) is 14.2 Å². The SMILES string of the molecule is CCCCC#CCCC#CC1(O)C(=O)C(OC)=C1OC. The number of methoxy groups -OCH3 is 2. The summed E-state index contributed by atoms with van der Waals surface area (Å²) in [5, 5.41) is 10.1. The predicted octanol–water partition coefficient (Wildman–Crippen LogP) is 1.78. The van der Waals surface area contributed by atoms with E-state index in [4.69, 9.17) is 9.47 Å². The van der Waals surface area contributed by atoms with Crippen molar-refractivity contribution in [2.75, 3.05) is 14.2 Å². The van der Waals surface area contributed by atoms with E-state index < -0.39 is 11.4 Å². The molecule has 0 amide bonds. The van der Waals surface area contributed by atoms with Crippen LogP contribution >= 0.6 is 0 Å². The van der Waals surface area contributed by atoms with E-state index in [9.17, 15) is 9.90 Å². The summed E-state index contributed by atoms with van der Waals surface area (Å²) in [7, 11) is 2.72. The van der Waals surface area contributed by atoms with Gasteiger partial charge in [-0.2, -0.15) is 0 Å². The molecular formula is C16H20O4. The Bertz CT molecular complexity index is 510. The summed E-state index contributed by atoms with van der Waals surface area (Å²) in [6.07, 6.45) is 4.28. The average Bonchev–Trinajstić information content (AvgIpc) is 2.46. The number of hydrogen-bond donors (Lipinski definition) is 1. The third kappa shape index (κ3) is 3.35. The molecule has 0 aliphatic heterocycles. The Morgan fingerprint density at radius 3 is 2.35 bits per heavy atom. The van der Waals surface area contributed by atoms with Crippen LogP contribution in [-0.4, -0.2) is 30.7 Å². The maximum Gasteiger partial charge on any atom is 0.254 e. The number of carbonyl (C=O) groups is 1. The Kier molecular flexibility index (Phi) is 6.15. The summed E-state index contributed by atoms with van der Waals surface area (Å²) in [4.78, 5) is 11.7. The maximum absolute atomic E-state index is 11.7. The minimum atomic E-state index is -1.85. The van der Waals surface area contributed by atoms with Crippen LogP contribution in [0, 0.1) is 23.7 Å². The van der Waals surface area contributed by atoms with Gasteiger partial charge in [-0.15, -0.1) is 11.8 Å². The van der Waals surface area contributed by atoms with Gasteiger partial charge in [0, 0.05) is 19.3 Å². The molecule has 1 aliphatic rings. The maximum atomic E-state index is 11.7.